The van der Waals surface area contributed by atoms with E-state index in [1.807, 2.05) is 18.2 Å². The van der Waals surface area contributed by atoms with Crippen LogP contribution in [0.3, 0.4) is 0 Å². The molecule has 0 aromatic heterocycles. The number of rotatable bonds is 7. The van der Waals surface area contributed by atoms with Crippen LogP contribution < -0.4 is 10.1 Å². The lowest BCUT2D eigenvalue weighted by Gasteiger charge is -2.32. The van der Waals surface area contributed by atoms with Crippen LogP contribution in [0, 0.1) is 11.3 Å². The summed E-state index contributed by atoms with van der Waals surface area (Å²) >= 11 is 0. The van der Waals surface area contributed by atoms with Gasteiger partial charge in [0, 0.05) is 19.6 Å². The van der Waals surface area contributed by atoms with Gasteiger partial charge in [-0.1, -0.05) is 18.2 Å². The Hall–Kier alpha value is -2.57. The maximum atomic E-state index is 12.4. The number of ether oxygens (including phenoxy) is 1. The fourth-order valence-electron chi connectivity index (χ4n) is 3.19. The third-order valence-electron chi connectivity index (χ3n) is 5.16. The zero-order chi connectivity index (χ0) is 18.6. The zero-order valence-corrected chi connectivity index (χ0v) is 14.6. The van der Waals surface area contributed by atoms with E-state index in [-0.39, 0.29) is 30.9 Å². The summed E-state index contributed by atoms with van der Waals surface area (Å²) in [5.74, 6) is -0.824. The number of piperidine rings is 1. The molecule has 1 heterocycles. The van der Waals surface area contributed by atoms with E-state index in [0.717, 1.165) is 6.42 Å². The average Bonchev–Trinajstić information content (AvgIpc) is 3.46. The Balaban J connectivity index is 1.46. The van der Waals surface area contributed by atoms with Crippen LogP contribution >= 0.6 is 0 Å². The number of hydrogen-bond donors (Lipinski definition) is 2. The number of aliphatic carboxylic acids is 1. The normalized spacial score (nSPS) is 20.9. The monoisotopic (exact) mass is 360 g/mol. The van der Waals surface area contributed by atoms with Gasteiger partial charge in [0.05, 0.1) is 11.3 Å². The third kappa shape index (κ3) is 4.33. The number of carboxylic acid groups (broad SMARTS) is 1. The fourth-order valence-corrected chi connectivity index (χ4v) is 3.19. The quantitative estimate of drug-likeness (QED) is 0.764. The highest BCUT2D eigenvalue weighted by atomic mass is 16.5. The SMILES string of the molecule is O=C(NCC1(C(=O)O)CC1)C1CCCN(C(=O)COc2ccccc2)C1. The number of nitrogens with one attached hydrogen (secondary N) is 1. The number of amides is 2. The number of hydrogen-bond acceptors (Lipinski definition) is 4. The standard InChI is InChI=1S/C19H24N2O5/c22-16(12-26-15-6-2-1-3-7-15)21-10-4-5-14(11-21)17(23)20-13-19(8-9-19)18(24)25/h1-3,6-7,14H,4-5,8-13H2,(H,20,23)(H,24,25). The first kappa shape index (κ1) is 18.2. The van der Waals surface area contributed by atoms with Crippen molar-refractivity contribution in [2.45, 2.75) is 25.7 Å². The van der Waals surface area contributed by atoms with E-state index in [9.17, 15) is 19.5 Å². The summed E-state index contributed by atoms with van der Waals surface area (Å²) in [5, 5.41) is 11.9. The van der Waals surface area contributed by atoms with Gasteiger partial charge in [-0.25, -0.2) is 0 Å². The highest BCUT2D eigenvalue weighted by molar-refractivity contribution is 5.83. The van der Waals surface area contributed by atoms with Gasteiger partial charge in [-0.15, -0.1) is 0 Å². The summed E-state index contributed by atoms with van der Waals surface area (Å²) in [7, 11) is 0. The lowest BCUT2D eigenvalue weighted by Crippen LogP contribution is -2.47. The molecule has 0 spiro atoms. The molecule has 7 nitrogen and oxygen atoms in total. The first-order valence-electron chi connectivity index (χ1n) is 8.97. The zero-order valence-electron chi connectivity index (χ0n) is 14.6. The highest BCUT2D eigenvalue weighted by Gasteiger charge is 2.50. The second kappa shape index (κ2) is 7.76. The Bertz CT molecular complexity index is 672. The summed E-state index contributed by atoms with van der Waals surface area (Å²) in [5.41, 5.74) is -0.774. The van der Waals surface area contributed by atoms with E-state index < -0.39 is 11.4 Å². The first-order chi connectivity index (χ1) is 12.5. The van der Waals surface area contributed by atoms with Gasteiger partial charge in [0.2, 0.25) is 5.91 Å². The molecule has 1 saturated heterocycles. The predicted octanol–water partition coefficient (Wildman–Crippen LogP) is 1.28. The smallest absolute Gasteiger partial charge is 0.311 e. The molecule has 1 aliphatic carbocycles. The summed E-state index contributed by atoms with van der Waals surface area (Å²) < 4.78 is 5.49. The molecule has 2 fully saturated rings. The third-order valence-corrected chi connectivity index (χ3v) is 5.16. The number of para-hydroxylation sites is 1. The fraction of sp³-hybridized carbons (Fsp3) is 0.526. The number of likely N-dealkylation sites (tertiary alicyclic amines) is 1. The van der Waals surface area contributed by atoms with Gasteiger partial charge in [0.1, 0.15) is 5.75 Å². The Morgan fingerprint density at radius 2 is 1.96 bits per heavy atom. The van der Waals surface area contributed by atoms with Crippen LogP contribution in [0.15, 0.2) is 30.3 Å². The molecule has 1 aromatic rings. The minimum absolute atomic E-state index is 0.0551. The second-order valence-electron chi connectivity index (χ2n) is 7.08. The maximum Gasteiger partial charge on any atom is 0.311 e. The maximum absolute atomic E-state index is 12.4. The van der Waals surface area contributed by atoms with E-state index >= 15 is 0 Å². The van der Waals surface area contributed by atoms with E-state index in [0.29, 0.717) is 38.1 Å². The number of carbonyl (C=O) groups is 3. The number of nitrogens with zero attached hydrogens (tertiary/aromatic N) is 1. The molecule has 1 atom stereocenters. The van der Waals surface area contributed by atoms with Gasteiger partial charge < -0.3 is 20.1 Å². The Kier molecular flexibility index (Phi) is 5.44. The topological polar surface area (TPSA) is 95.9 Å². The number of benzene rings is 1. The minimum atomic E-state index is -0.851. The summed E-state index contributed by atoms with van der Waals surface area (Å²) in [6, 6.07) is 9.13. The van der Waals surface area contributed by atoms with Crippen molar-refractivity contribution in [3.63, 3.8) is 0 Å². The van der Waals surface area contributed by atoms with E-state index in [2.05, 4.69) is 5.32 Å². The molecule has 7 heteroatoms. The molecule has 26 heavy (non-hydrogen) atoms. The molecule has 3 rings (SSSR count). The highest BCUT2D eigenvalue weighted by Crippen LogP contribution is 2.45. The van der Waals surface area contributed by atoms with Crippen molar-refractivity contribution in [1.29, 1.82) is 0 Å². The van der Waals surface area contributed by atoms with Gasteiger partial charge >= 0.3 is 5.97 Å². The predicted molar refractivity (Wildman–Crippen MR) is 93.6 cm³/mol. The van der Waals surface area contributed by atoms with Crippen molar-refractivity contribution in [3.05, 3.63) is 30.3 Å². The molecule has 1 aromatic carbocycles. The van der Waals surface area contributed by atoms with Crippen molar-refractivity contribution in [3.8, 4) is 5.75 Å². The van der Waals surface area contributed by atoms with Crippen LogP contribution in [0.5, 0.6) is 5.75 Å². The molecule has 2 aliphatic rings. The van der Waals surface area contributed by atoms with Crippen LogP contribution in [0.1, 0.15) is 25.7 Å². The summed E-state index contributed by atoms with van der Waals surface area (Å²) in [6.07, 6.45) is 2.66. The van der Waals surface area contributed by atoms with Gasteiger partial charge in [0.25, 0.3) is 5.91 Å². The van der Waals surface area contributed by atoms with Crippen molar-refractivity contribution in [1.82, 2.24) is 10.2 Å². The van der Waals surface area contributed by atoms with E-state index in [1.54, 1.807) is 17.0 Å². The van der Waals surface area contributed by atoms with Crippen LogP contribution in [0.25, 0.3) is 0 Å². The second-order valence-corrected chi connectivity index (χ2v) is 7.08. The van der Waals surface area contributed by atoms with Crippen molar-refractivity contribution < 1.29 is 24.2 Å². The Labute approximate surface area is 152 Å². The van der Waals surface area contributed by atoms with Gasteiger partial charge in [0.15, 0.2) is 6.61 Å². The van der Waals surface area contributed by atoms with E-state index in [4.69, 9.17) is 4.74 Å². The number of carboxylic acids is 1. The van der Waals surface area contributed by atoms with Crippen LogP contribution in [0.4, 0.5) is 0 Å². The molecular formula is C19H24N2O5. The van der Waals surface area contributed by atoms with Crippen LogP contribution in [-0.4, -0.2) is 54.0 Å². The molecule has 140 valence electrons. The molecular weight excluding hydrogens is 336 g/mol. The number of carbonyl (C=O) groups excluding carboxylic acids is 2. The lowest BCUT2D eigenvalue weighted by atomic mass is 9.96. The molecule has 2 amide bonds. The summed E-state index contributed by atoms with van der Waals surface area (Å²) in [6.45, 7) is 1.08. The van der Waals surface area contributed by atoms with Crippen molar-refractivity contribution in [2.75, 3.05) is 26.2 Å². The van der Waals surface area contributed by atoms with Gasteiger partial charge in [-0.05, 0) is 37.8 Å². The first-order valence-corrected chi connectivity index (χ1v) is 8.97. The molecule has 0 radical (unpaired) electrons. The molecule has 1 aliphatic heterocycles. The summed E-state index contributed by atoms with van der Waals surface area (Å²) in [4.78, 5) is 37.6. The largest absolute Gasteiger partial charge is 0.484 e. The molecule has 2 N–H and O–H groups in total. The average molecular weight is 360 g/mol. The lowest BCUT2D eigenvalue weighted by molar-refractivity contribution is -0.143. The molecule has 1 unspecified atom stereocenters. The Morgan fingerprint density at radius 1 is 1.23 bits per heavy atom. The van der Waals surface area contributed by atoms with Crippen molar-refractivity contribution in [2.24, 2.45) is 11.3 Å². The van der Waals surface area contributed by atoms with Crippen molar-refractivity contribution >= 4 is 17.8 Å². The van der Waals surface area contributed by atoms with Gasteiger partial charge in [-0.2, -0.15) is 0 Å². The van der Waals surface area contributed by atoms with E-state index in [1.165, 1.54) is 0 Å². The van der Waals surface area contributed by atoms with Crippen LogP contribution in [0.2, 0.25) is 0 Å². The van der Waals surface area contributed by atoms with Gasteiger partial charge in [-0.3, -0.25) is 14.4 Å². The Morgan fingerprint density at radius 3 is 2.62 bits per heavy atom. The molecule has 0 bridgehead atoms. The minimum Gasteiger partial charge on any atom is -0.484 e. The van der Waals surface area contributed by atoms with Crippen LogP contribution in [-0.2, 0) is 14.4 Å². The molecule has 1 saturated carbocycles.